The van der Waals surface area contributed by atoms with E-state index in [9.17, 15) is 20.0 Å². The molecule has 0 saturated carbocycles. The molecule has 0 bridgehead atoms. The molecule has 2 rings (SSSR count). The molecule has 1 aliphatic rings. The Balaban J connectivity index is 2.09. The van der Waals surface area contributed by atoms with E-state index in [-0.39, 0.29) is 5.00 Å². The van der Waals surface area contributed by atoms with E-state index in [1.54, 1.807) is 6.07 Å². The second-order valence-corrected chi connectivity index (χ2v) is 5.82. The normalized spacial score (nSPS) is 20.9. The minimum absolute atomic E-state index is 0.108. The second kappa shape index (κ2) is 6.12. The number of nitro groups is 1. The summed E-state index contributed by atoms with van der Waals surface area (Å²) in [5, 5.41) is 20.0. The molecule has 0 aliphatic carbocycles. The summed E-state index contributed by atoms with van der Waals surface area (Å²) in [5.41, 5.74) is 0. The SMILES string of the molecule is O=C(O)C1CCCCCN1Cc1ccc([N+](=O)[O-])s1. The van der Waals surface area contributed by atoms with Crippen molar-refractivity contribution >= 4 is 22.3 Å². The lowest BCUT2D eigenvalue weighted by Gasteiger charge is -2.25. The van der Waals surface area contributed by atoms with E-state index >= 15 is 0 Å². The molecule has 104 valence electrons. The van der Waals surface area contributed by atoms with Gasteiger partial charge in [0.2, 0.25) is 0 Å². The Bertz CT molecular complexity index is 474. The fourth-order valence-corrected chi connectivity index (χ4v) is 3.23. The van der Waals surface area contributed by atoms with Gasteiger partial charge in [0.25, 0.3) is 0 Å². The number of hydrogen-bond acceptors (Lipinski definition) is 5. The predicted octanol–water partition coefficient (Wildman–Crippen LogP) is 2.49. The highest BCUT2D eigenvalue weighted by Gasteiger charge is 2.27. The van der Waals surface area contributed by atoms with Crippen molar-refractivity contribution in [2.45, 2.75) is 38.3 Å². The summed E-state index contributed by atoms with van der Waals surface area (Å²) in [5.74, 6) is -0.798. The van der Waals surface area contributed by atoms with Crippen LogP contribution in [0.5, 0.6) is 0 Å². The van der Waals surface area contributed by atoms with Crippen molar-refractivity contribution in [3.05, 3.63) is 27.1 Å². The highest BCUT2D eigenvalue weighted by Crippen LogP contribution is 2.27. The molecule has 19 heavy (non-hydrogen) atoms. The fourth-order valence-electron chi connectivity index (χ4n) is 2.39. The maximum atomic E-state index is 11.3. The number of hydrogen-bond donors (Lipinski definition) is 1. The molecule has 0 aromatic carbocycles. The molecule has 1 aliphatic heterocycles. The third kappa shape index (κ3) is 3.51. The lowest BCUT2D eigenvalue weighted by molar-refractivity contribution is -0.380. The van der Waals surface area contributed by atoms with Gasteiger partial charge in [-0.2, -0.15) is 0 Å². The van der Waals surface area contributed by atoms with E-state index in [4.69, 9.17) is 0 Å². The number of thiophene rings is 1. The first-order chi connectivity index (χ1) is 9.08. The van der Waals surface area contributed by atoms with E-state index in [2.05, 4.69) is 0 Å². The van der Waals surface area contributed by atoms with Crippen LogP contribution in [-0.2, 0) is 11.3 Å². The van der Waals surface area contributed by atoms with Crippen molar-refractivity contribution in [2.24, 2.45) is 0 Å². The molecule has 1 saturated heterocycles. The molecule has 0 amide bonds. The van der Waals surface area contributed by atoms with Gasteiger partial charge in [0.1, 0.15) is 6.04 Å². The van der Waals surface area contributed by atoms with Crippen molar-refractivity contribution < 1.29 is 14.8 Å². The molecule has 1 atom stereocenters. The standard InChI is InChI=1S/C12H16N2O4S/c15-12(16)10-4-2-1-3-7-13(10)8-9-5-6-11(19-9)14(17)18/h5-6,10H,1-4,7-8H2,(H,15,16). The zero-order valence-corrected chi connectivity index (χ0v) is 11.3. The van der Waals surface area contributed by atoms with Crippen molar-refractivity contribution in [2.75, 3.05) is 6.54 Å². The van der Waals surface area contributed by atoms with Crippen LogP contribution in [0.1, 0.15) is 30.6 Å². The van der Waals surface area contributed by atoms with Gasteiger partial charge in [-0.3, -0.25) is 19.8 Å². The molecule has 1 aromatic rings. The quantitative estimate of drug-likeness (QED) is 0.678. The molecule has 1 N–H and O–H groups in total. The van der Waals surface area contributed by atoms with Gasteiger partial charge in [0.15, 0.2) is 0 Å². The lowest BCUT2D eigenvalue weighted by Crippen LogP contribution is -2.39. The largest absolute Gasteiger partial charge is 0.480 e. The number of likely N-dealkylation sites (tertiary alicyclic amines) is 1. The number of carboxylic acid groups (broad SMARTS) is 1. The van der Waals surface area contributed by atoms with E-state index < -0.39 is 16.9 Å². The smallest absolute Gasteiger partial charge is 0.324 e. The van der Waals surface area contributed by atoms with Crippen LogP contribution in [-0.4, -0.2) is 33.5 Å². The van der Waals surface area contributed by atoms with Crippen LogP contribution in [0.15, 0.2) is 12.1 Å². The van der Waals surface area contributed by atoms with Crippen LogP contribution in [0.4, 0.5) is 5.00 Å². The average molecular weight is 284 g/mol. The van der Waals surface area contributed by atoms with Gasteiger partial charge in [-0.05, 0) is 25.5 Å². The lowest BCUT2D eigenvalue weighted by atomic mass is 10.1. The summed E-state index contributed by atoms with van der Waals surface area (Å²) in [7, 11) is 0. The molecule has 1 fully saturated rings. The van der Waals surface area contributed by atoms with Gasteiger partial charge < -0.3 is 5.11 Å². The zero-order chi connectivity index (χ0) is 13.8. The molecule has 0 radical (unpaired) electrons. The van der Waals surface area contributed by atoms with Crippen LogP contribution in [0.25, 0.3) is 0 Å². The molecule has 0 spiro atoms. The van der Waals surface area contributed by atoms with Crippen LogP contribution >= 0.6 is 11.3 Å². The Labute approximate surface area is 114 Å². The number of nitrogens with zero attached hydrogens (tertiary/aromatic N) is 2. The first kappa shape index (κ1) is 14.0. The number of carbonyl (C=O) groups is 1. The topological polar surface area (TPSA) is 83.7 Å². The highest BCUT2D eigenvalue weighted by molar-refractivity contribution is 7.15. The van der Waals surface area contributed by atoms with Crippen molar-refractivity contribution in [1.82, 2.24) is 4.90 Å². The van der Waals surface area contributed by atoms with Crippen LogP contribution in [0.2, 0.25) is 0 Å². The summed E-state index contributed by atoms with van der Waals surface area (Å²) in [6, 6.07) is 2.73. The average Bonchev–Trinajstić information content (AvgIpc) is 2.68. The monoisotopic (exact) mass is 284 g/mol. The summed E-state index contributed by atoms with van der Waals surface area (Å²) < 4.78 is 0. The Kier molecular flexibility index (Phi) is 4.49. The molecular weight excluding hydrogens is 268 g/mol. The van der Waals surface area contributed by atoms with E-state index in [1.807, 2.05) is 4.90 Å². The third-order valence-electron chi connectivity index (χ3n) is 3.34. The van der Waals surface area contributed by atoms with E-state index in [0.29, 0.717) is 13.0 Å². The number of aliphatic carboxylic acids is 1. The molecule has 7 heteroatoms. The molecule has 1 aromatic heterocycles. The maximum absolute atomic E-state index is 11.3. The van der Waals surface area contributed by atoms with Gasteiger partial charge in [0, 0.05) is 17.5 Å². The molecule has 1 unspecified atom stereocenters. The number of rotatable bonds is 4. The fraction of sp³-hybridized carbons (Fsp3) is 0.583. The van der Waals surface area contributed by atoms with Crippen LogP contribution in [0.3, 0.4) is 0 Å². The Morgan fingerprint density at radius 1 is 1.47 bits per heavy atom. The van der Waals surface area contributed by atoms with Gasteiger partial charge in [-0.15, -0.1) is 0 Å². The summed E-state index contributed by atoms with van der Waals surface area (Å²) in [4.78, 5) is 24.3. The minimum atomic E-state index is -0.798. The molecular formula is C12H16N2O4S. The Hall–Kier alpha value is -1.47. The zero-order valence-electron chi connectivity index (χ0n) is 10.4. The molecule has 6 nitrogen and oxygen atoms in total. The van der Waals surface area contributed by atoms with Crippen molar-refractivity contribution in [1.29, 1.82) is 0 Å². The molecule has 2 heterocycles. The third-order valence-corrected chi connectivity index (χ3v) is 4.36. The summed E-state index contributed by atoms with van der Waals surface area (Å²) in [6.45, 7) is 1.22. The maximum Gasteiger partial charge on any atom is 0.324 e. The Morgan fingerprint density at radius 3 is 2.89 bits per heavy atom. The van der Waals surface area contributed by atoms with Crippen LogP contribution < -0.4 is 0 Å². The van der Waals surface area contributed by atoms with Gasteiger partial charge >= 0.3 is 11.0 Å². The first-order valence-corrected chi connectivity index (χ1v) is 7.09. The summed E-state index contributed by atoms with van der Waals surface area (Å²) in [6.07, 6.45) is 3.61. The van der Waals surface area contributed by atoms with E-state index in [1.165, 1.54) is 6.07 Å². The Morgan fingerprint density at radius 2 is 2.26 bits per heavy atom. The van der Waals surface area contributed by atoms with Gasteiger partial charge in [-0.1, -0.05) is 24.2 Å². The highest BCUT2D eigenvalue weighted by atomic mass is 32.1. The van der Waals surface area contributed by atoms with Crippen molar-refractivity contribution in [3.8, 4) is 0 Å². The van der Waals surface area contributed by atoms with Crippen LogP contribution in [0, 0.1) is 10.1 Å². The van der Waals surface area contributed by atoms with Crippen molar-refractivity contribution in [3.63, 3.8) is 0 Å². The van der Waals surface area contributed by atoms with Gasteiger partial charge in [0.05, 0.1) is 4.92 Å². The number of carboxylic acids is 1. The predicted molar refractivity (Wildman–Crippen MR) is 71.3 cm³/mol. The minimum Gasteiger partial charge on any atom is -0.480 e. The summed E-state index contributed by atoms with van der Waals surface area (Å²) >= 11 is 1.12. The first-order valence-electron chi connectivity index (χ1n) is 6.28. The van der Waals surface area contributed by atoms with Gasteiger partial charge in [-0.25, -0.2) is 0 Å². The second-order valence-electron chi connectivity index (χ2n) is 4.67. The van der Waals surface area contributed by atoms with E-state index in [0.717, 1.165) is 42.0 Å².